The van der Waals surface area contributed by atoms with E-state index >= 15 is 0 Å². The lowest BCUT2D eigenvalue weighted by molar-refractivity contribution is -0.122. The smallest absolute Gasteiger partial charge is 0.269 e. The van der Waals surface area contributed by atoms with E-state index in [1.54, 1.807) is 23.1 Å². The van der Waals surface area contributed by atoms with Crippen LogP contribution in [-0.2, 0) is 11.8 Å². The zero-order valence-corrected chi connectivity index (χ0v) is 18.8. The summed E-state index contributed by atoms with van der Waals surface area (Å²) in [6.07, 6.45) is 2.99. The third kappa shape index (κ3) is 3.49. The van der Waals surface area contributed by atoms with Gasteiger partial charge in [0.05, 0.1) is 6.04 Å². The second-order valence-corrected chi connectivity index (χ2v) is 8.24. The molecule has 0 aliphatic carbocycles. The van der Waals surface area contributed by atoms with Crippen LogP contribution in [0.2, 0.25) is 0 Å². The molecule has 1 aliphatic rings. The van der Waals surface area contributed by atoms with Crippen LogP contribution < -0.4 is 10.9 Å². The molecule has 4 aromatic rings. The highest BCUT2D eigenvalue weighted by atomic mass is 16.2. The van der Waals surface area contributed by atoms with Crippen molar-refractivity contribution < 1.29 is 14.4 Å². The summed E-state index contributed by atoms with van der Waals surface area (Å²) >= 11 is 0. The number of nitrogens with zero attached hydrogens (tertiary/aromatic N) is 3. The van der Waals surface area contributed by atoms with Crippen LogP contribution in [0.3, 0.4) is 0 Å². The van der Waals surface area contributed by atoms with Gasteiger partial charge in [-0.1, -0.05) is 36.4 Å². The Kier molecular flexibility index (Phi) is 5.33. The van der Waals surface area contributed by atoms with Gasteiger partial charge in [0, 0.05) is 52.7 Å². The Balaban J connectivity index is 1.46. The Hall–Kier alpha value is -4.46. The molecular weight excluding hydrogens is 430 g/mol. The van der Waals surface area contributed by atoms with Gasteiger partial charge in [0.15, 0.2) is 0 Å². The monoisotopic (exact) mass is 453 g/mol. The van der Waals surface area contributed by atoms with Crippen molar-refractivity contribution >= 4 is 28.6 Å². The molecule has 3 heterocycles. The first kappa shape index (κ1) is 21.4. The quantitative estimate of drug-likeness (QED) is 0.465. The summed E-state index contributed by atoms with van der Waals surface area (Å²) in [4.78, 5) is 43.9. The van der Waals surface area contributed by atoms with Gasteiger partial charge in [-0.25, -0.2) is 0 Å². The van der Waals surface area contributed by atoms with Crippen LogP contribution in [0, 0.1) is 6.92 Å². The number of hydrogen-bond acceptors (Lipinski definition) is 4. The Morgan fingerprint density at radius 1 is 0.971 bits per heavy atom. The number of aromatic nitrogens is 2. The first-order chi connectivity index (χ1) is 16.5. The highest BCUT2D eigenvalue weighted by Gasteiger charge is 2.40. The second kappa shape index (κ2) is 8.47. The summed E-state index contributed by atoms with van der Waals surface area (Å²) in [7, 11) is 2.00. The van der Waals surface area contributed by atoms with Crippen LogP contribution in [0.4, 0.5) is 0 Å². The number of hydrogen-bond donors (Lipinski definition) is 2. The van der Waals surface area contributed by atoms with E-state index in [1.807, 2.05) is 56.4 Å². The number of carbonyl (C=O) groups is 3. The number of fused-ring (bicyclic) bond motifs is 2. The van der Waals surface area contributed by atoms with E-state index in [-0.39, 0.29) is 12.5 Å². The van der Waals surface area contributed by atoms with E-state index in [0.29, 0.717) is 11.1 Å². The number of benzene rings is 2. The van der Waals surface area contributed by atoms with Crippen molar-refractivity contribution in [3.05, 3.63) is 101 Å². The molecule has 0 bridgehead atoms. The fraction of sp³-hybridized carbons (Fsp3) is 0.154. The fourth-order valence-corrected chi connectivity index (χ4v) is 4.64. The Bertz CT molecular complexity index is 1430. The number of aryl methyl sites for hydroxylation is 1. The van der Waals surface area contributed by atoms with Gasteiger partial charge < -0.3 is 9.47 Å². The van der Waals surface area contributed by atoms with E-state index in [0.717, 1.165) is 27.7 Å². The maximum atomic E-state index is 13.4. The molecule has 8 heteroatoms. The normalized spacial score (nSPS) is 14.8. The van der Waals surface area contributed by atoms with Crippen LogP contribution >= 0.6 is 0 Å². The summed E-state index contributed by atoms with van der Waals surface area (Å²) in [5, 5.41) is 1.04. The first-order valence-corrected chi connectivity index (χ1v) is 10.9. The van der Waals surface area contributed by atoms with Gasteiger partial charge in [-0.05, 0) is 36.8 Å². The fourth-order valence-electron chi connectivity index (χ4n) is 4.64. The van der Waals surface area contributed by atoms with Crippen LogP contribution in [0.15, 0.2) is 73.1 Å². The molecule has 2 N–H and O–H groups in total. The number of hydrazine groups is 1. The minimum Gasteiger partial charge on any atom is -0.348 e. The SMILES string of the molecule is Cc1c([C@@H]2c3ccccc3C(=O)N2CC(=O)NNC(=O)c2ccncc2)c2ccccc2n1C. The third-order valence-corrected chi connectivity index (χ3v) is 6.35. The zero-order chi connectivity index (χ0) is 23.8. The second-order valence-electron chi connectivity index (χ2n) is 8.24. The summed E-state index contributed by atoms with van der Waals surface area (Å²) in [6.45, 7) is 1.81. The van der Waals surface area contributed by atoms with Gasteiger partial charge in [-0.3, -0.25) is 30.2 Å². The van der Waals surface area contributed by atoms with E-state index < -0.39 is 17.9 Å². The summed E-state index contributed by atoms with van der Waals surface area (Å²) in [5.41, 5.74) is 9.70. The van der Waals surface area contributed by atoms with Gasteiger partial charge in [-0.2, -0.15) is 0 Å². The number of pyridine rings is 1. The average Bonchev–Trinajstić information content (AvgIpc) is 3.28. The molecule has 0 radical (unpaired) electrons. The Morgan fingerprint density at radius 3 is 2.47 bits per heavy atom. The minimum atomic E-state index is -0.494. The zero-order valence-electron chi connectivity index (χ0n) is 18.8. The van der Waals surface area contributed by atoms with Crippen LogP contribution in [0.25, 0.3) is 10.9 Å². The van der Waals surface area contributed by atoms with Gasteiger partial charge in [0.25, 0.3) is 17.7 Å². The Morgan fingerprint density at radius 2 is 1.68 bits per heavy atom. The van der Waals surface area contributed by atoms with Crippen molar-refractivity contribution in [2.24, 2.45) is 7.05 Å². The van der Waals surface area contributed by atoms with Crippen LogP contribution in [0.5, 0.6) is 0 Å². The van der Waals surface area contributed by atoms with Crippen molar-refractivity contribution in [2.75, 3.05) is 6.54 Å². The number of para-hydroxylation sites is 1. The first-order valence-electron chi connectivity index (χ1n) is 10.9. The molecule has 1 aliphatic heterocycles. The predicted molar refractivity (Wildman–Crippen MR) is 127 cm³/mol. The molecule has 0 saturated heterocycles. The van der Waals surface area contributed by atoms with Crippen LogP contribution in [0.1, 0.15) is 43.6 Å². The molecule has 3 amide bonds. The highest BCUT2D eigenvalue weighted by Crippen LogP contribution is 2.43. The summed E-state index contributed by atoms with van der Waals surface area (Å²) in [6, 6.07) is 18.1. The highest BCUT2D eigenvalue weighted by molar-refractivity contribution is 6.03. The molecule has 2 aromatic heterocycles. The third-order valence-electron chi connectivity index (χ3n) is 6.35. The minimum absolute atomic E-state index is 0.211. The summed E-state index contributed by atoms with van der Waals surface area (Å²) in [5.74, 6) is -1.18. The van der Waals surface area contributed by atoms with Gasteiger partial charge in [0.1, 0.15) is 6.54 Å². The molecule has 8 nitrogen and oxygen atoms in total. The van der Waals surface area contributed by atoms with Gasteiger partial charge in [-0.15, -0.1) is 0 Å². The number of rotatable bonds is 4. The Labute approximate surface area is 196 Å². The van der Waals surface area contributed by atoms with Gasteiger partial charge in [0.2, 0.25) is 0 Å². The van der Waals surface area contributed by atoms with Crippen molar-refractivity contribution in [1.29, 1.82) is 0 Å². The van der Waals surface area contributed by atoms with Crippen molar-refractivity contribution in [1.82, 2.24) is 25.3 Å². The lowest BCUT2D eigenvalue weighted by Gasteiger charge is -2.26. The van der Waals surface area contributed by atoms with E-state index in [4.69, 9.17) is 0 Å². The molecule has 0 spiro atoms. The molecule has 170 valence electrons. The van der Waals surface area contributed by atoms with Crippen molar-refractivity contribution in [3.8, 4) is 0 Å². The largest absolute Gasteiger partial charge is 0.348 e. The average molecular weight is 454 g/mol. The molecule has 0 fully saturated rings. The van der Waals surface area contributed by atoms with Crippen molar-refractivity contribution in [2.45, 2.75) is 13.0 Å². The number of nitrogens with one attached hydrogen (secondary N) is 2. The molecule has 34 heavy (non-hydrogen) atoms. The predicted octanol–water partition coefficient (Wildman–Crippen LogP) is 2.89. The molecule has 1 atom stereocenters. The molecular formula is C26H23N5O3. The molecule has 0 saturated carbocycles. The van der Waals surface area contributed by atoms with Crippen LogP contribution in [-0.4, -0.2) is 38.7 Å². The van der Waals surface area contributed by atoms with E-state index in [9.17, 15) is 14.4 Å². The standard InChI is InChI=1S/C26H23N5O3/c1-16-23(20-9-5-6-10-21(20)30(16)2)24-18-7-3-4-8-19(18)26(34)31(24)15-22(32)28-29-25(33)17-11-13-27-14-12-17/h3-14,24H,15H2,1-2H3,(H,28,32)(H,29,33)/t24-/m0/s1. The maximum Gasteiger partial charge on any atom is 0.269 e. The van der Waals surface area contributed by atoms with Gasteiger partial charge >= 0.3 is 0 Å². The molecule has 2 aromatic carbocycles. The number of carbonyl (C=O) groups excluding carboxylic acids is 3. The van der Waals surface area contributed by atoms with E-state index in [2.05, 4.69) is 20.4 Å². The van der Waals surface area contributed by atoms with E-state index in [1.165, 1.54) is 12.4 Å². The summed E-state index contributed by atoms with van der Waals surface area (Å²) < 4.78 is 2.10. The lowest BCUT2D eigenvalue weighted by Crippen LogP contribution is -2.47. The molecule has 5 rings (SSSR count). The maximum absolute atomic E-state index is 13.4. The van der Waals surface area contributed by atoms with Crippen molar-refractivity contribution in [3.63, 3.8) is 0 Å². The molecule has 0 unspecified atom stereocenters. The topological polar surface area (TPSA) is 96.3 Å². The lowest BCUT2D eigenvalue weighted by atomic mass is 9.95. The number of amides is 3.